The fraction of sp³-hybridized carbons (Fsp3) is 0.333. The number of rotatable bonds is 2. The zero-order chi connectivity index (χ0) is 14.5. The molecule has 0 spiro atoms. The number of hydrogen-bond acceptors (Lipinski definition) is 3. The Labute approximate surface area is 125 Å². The minimum Gasteiger partial charge on any atom is -0.398 e. The highest BCUT2D eigenvalue weighted by Gasteiger charge is 2.12. The van der Waals surface area contributed by atoms with Gasteiger partial charge in [-0.3, -0.25) is 0 Å². The first-order valence-electron chi connectivity index (χ1n) is 7.34. The molecule has 21 heavy (non-hydrogen) atoms. The van der Waals surface area contributed by atoms with Crippen LogP contribution < -0.4 is 5.73 Å². The smallest absolute Gasteiger partial charge is 0.158 e. The summed E-state index contributed by atoms with van der Waals surface area (Å²) in [7, 11) is 0. The second-order valence-corrected chi connectivity index (χ2v) is 5.16. The quantitative estimate of drug-likeness (QED) is 0.678. The van der Waals surface area contributed by atoms with Crippen molar-refractivity contribution in [3.8, 4) is 11.8 Å². The lowest BCUT2D eigenvalue weighted by Crippen LogP contribution is -2.22. The summed E-state index contributed by atoms with van der Waals surface area (Å²) in [5, 5.41) is 2.12. The van der Waals surface area contributed by atoms with Crippen LogP contribution in [0.2, 0.25) is 0 Å². The molecule has 0 amide bonds. The average molecular weight is 281 g/mol. The van der Waals surface area contributed by atoms with Gasteiger partial charge >= 0.3 is 0 Å². The SMILES string of the molecule is Nc1ccc(C#CCOC2CCCCO2)c2ccccc12. The topological polar surface area (TPSA) is 44.5 Å². The molecule has 3 heteroatoms. The van der Waals surface area contributed by atoms with Crippen LogP contribution in [0.25, 0.3) is 10.8 Å². The Hall–Kier alpha value is -2.02. The van der Waals surface area contributed by atoms with Gasteiger partial charge in [-0.25, -0.2) is 0 Å². The van der Waals surface area contributed by atoms with E-state index < -0.39 is 0 Å². The first-order chi connectivity index (χ1) is 10.3. The summed E-state index contributed by atoms with van der Waals surface area (Å²) in [4.78, 5) is 0. The van der Waals surface area contributed by atoms with E-state index in [2.05, 4.69) is 11.8 Å². The van der Waals surface area contributed by atoms with Gasteiger partial charge in [0, 0.05) is 23.2 Å². The fourth-order valence-electron chi connectivity index (χ4n) is 2.54. The van der Waals surface area contributed by atoms with E-state index in [0.717, 1.165) is 41.5 Å². The van der Waals surface area contributed by atoms with Gasteiger partial charge < -0.3 is 15.2 Å². The van der Waals surface area contributed by atoms with Crippen molar-refractivity contribution in [2.24, 2.45) is 0 Å². The van der Waals surface area contributed by atoms with Crippen molar-refractivity contribution < 1.29 is 9.47 Å². The second kappa shape index (κ2) is 6.62. The standard InChI is InChI=1S/C18H19NO2/c19-17-11-10-14(15-7-1-2-8-16(15)17)6-5-13-21-18-9-3-4-12-20-18/h1-2,7-8,10-11,18H,3-4,9,12-13,19H2. The molecule has 1 aliphatic rings. The van der Waals surface area contributed by atoms with E-state index in [0.29, 0.717) is 6.61 Å². The minimum atomic E-state index is -0.0868. The summed E-state index contributed by atoms with van der Waals surface area (Å²) in [5.74, 6) is 6.24. The zero-order valence-corrected chi connectivity index (χ0v) is 12.0. The van der Waals surface area contributed by atoms with Gasteiger partial charge in [-0.15, -0.1) is 0 Å². The lowest BCUT2D eigenvalue weighted by atomic mass is 10.0. The molecule has 1 fully saturated rings. The zero-order valence-electron chi connectivity index (χ0n) is 12.0. The Bertz CT molecular complexity index is 678. The van der Waals surface area contributed by atoms with Crippen LogP contribution in [0.15, 0.2) is 36.4 Å². The monoisotopic (exact) mass is 281 g/mol. The third-order valence-electron chi connectivity index (χ3n) is 3.66. The molecule has 108 valence electrons. The van der Waals surface area contributed by atoms with E-state index in [4.69, 9.17) is 15.2 Å². The summed E-state index contributed by atoms with van der Waals surface area (Å²) in [6.07, 6.45) is 3.17. The van der Waals surface area contributed by atoms with Crippen molar-refractivity contribution >= 4 is 16.5 Å². The van der Waals surface area contributed by atoms with Crippen molar-refractivity contribution in [2.75, 3.05) is 18.9 Å². The Morgan fingerprint density at radius 3 is 2.81 bits per heavy atom. The molecule has 0 aromatic heterocycles. The molecular formula is C18H19NO2. The highest BCUT2D eigenvalue weighted by Crippen LogP contribution is 2.23. The van der Waals surface area contributed by atoms with Crippen molar-refractivity contribution in [3.63, 3.8) is 0 Å². The van der Waals surface area contributed by atoms with Crippen LogP contribution in [0.1, 0.15) is 24.8 Å². The normalized spacial score (nSPS) is 18.2. The van der Waals surface area contributed by atoms with E-state index in [9.17, 15) is 0 Å². The van der Waals surface area contributed by atoms with Gasteiger partial charge in [0.15, 0.2) is 6.29 Å². The predicted octanol–water partition coefficient (Wildman–Crippen LogP) is 3.32. The molecule has 0 radical (unpaired) electrons. The van der Waals surface area contributed by atoms with Gasteiger partial charge in [0.25, 0.3) is 0 Å². The summed E-state index contributed by atoms with van der Waals surface area (Å²) in [6.45, 7) is 1.18. The molecule has 0 saturated carbocycles. The lowest BCUT2D eigenvalue weighted by Gasteiger charge is -2.21. The largest absolute Gasteiger partial charge is 0.398 e. The molecule has 3 nitrogen and oxygen atoms in total. The van der Waals surface area contributed by atoms with Crippen LogP contribution in [0.4, 0.5) is 5.69 Å². The maximum Gasteiger partial charge on any atom is 0.158 e. The van der Waals surface area contributed by atoms with Crippen molar-refractivity contribution in [3.05, 3.63) is 42.0 Å². The van der Waals surface area contributed by atoms with E-state index in [1.165, 1.54) is 6.42 Å². The van der Waals surface area contributed by atoms with Crippen LogP contribution >= 0.6 is 0 Å². The van der Waals surface area contributed by atoms with Crippen LogP contribution in [0.5, 0.6) is 0 Å². The molecule has 1 saturated heterocycles. The minimum absolute atomic E-state index is 0.0868. The van der Waals surface area contributed by atoms with Crippen LogP contribution in [-0.2, 0) is 9.47 Å². The van der Waals surface area contributed by atoms with Crippen LogP contribution in [0, 0.1) is 11.8 Å². The molecule has 2 aromatic carbocycles. The number of nitrogens with two attached hydrogens (primary N) is 1. The molecule has 3 rings (SSSR count). The molecule has 1 heterocycles. The molecular weight excluding hydrogens is 262 g/mol. The van der Waals surface area contributed by atoms with Crippen molar-refractivity contribution in [1.82, 2.24) is 0 Å². The molecule has 1 unspecified atom stereocenters. The average Bonchev–Trinajstić information content (AvgIpc) is 2.55. The van der Waals surface area contributed by atoms with Gasteiger partial charge in [-0.2, -0.15) is 0 Å². The third-order valence-corrected chi connectivity index (χ3v) is 3.66. The van der Waals surface area contributed by atoms with Crippen molar-refractivity contribution in [2.45, 2.75) is 25.6 Å². The van der Waals surface area contributed by atoms with E-state index in [-0.39, 0.29) is 6.29 Å². The highest BCUT2D eigenvalue weighted by molar-refractivity contribution is 5.96. The van der Waals surface area contributed by atoms with Gasteiger partial charge in [0.2, 0.25) is 0 Å². The Morgan fingerprint density at radius 1 is 1.14 bits per heavy atom. The predicted molar refractivity (Wildman–Crippen MR) is 84.8 cm³/mol. The Morgan fingerprint density at radius 2 is 2.00 bits per heavy atom. The third kappa shape index (κ3) is 3.36. The Kier molecular flexibility index (Phi) is 4.40. The van der Waals surface area contributed by atoms with Crippen LogP contribution in [-0.4, -0.2) is 19.5 Å². The number of hydrogen-bond donors (Lipinski definition) is 1. The molecule has 2 aromatic rings. The molecule has 0 bridgehead atoms. The second-order valence-electron chi connectivity index (χ2n) is 5.16. The first kappa shape index (κ1) is 13.9. The fourth-order valence-corrected chi connectivity index (χ4v) is 2.54. The maximum atomic E-state index is 5.99. The highest BCUT2D eigenvalue weighted by atomic mass is 16.7. The number of anilines is 1. The lowest BCUT2D eigenvalue weighted by molar-refractivity contribution is -0.154. The van der Waals surface area contributed by atoms with Gasteiger partial charge in [0.05, 0.1) is 0 Å². The summed E-state index contributed by atoms with van der Waals surface area (Å²) < 4.78 is 11.1. The summed E-state index contributed by atoms with van der Waals surface area (Å²) in [5.41, 5.74) is 7.75. The summed E-state index contributed by atoms with van der Waals surface area (Å²) >= 11 is 0. The number of ether oxygens (including phenoxy) is 2. The molecule has 1 atom stereocenters. The van der Waals surface area contributed by atoms with Crippen LogP contribution in [0.3, 0.4) is 0 Å². The van der Waals surface area contributed by atoms with E-state index >= 15 is 0 Å². The number of nitrogen functional groups attached to an aromatic ring is 1. The van der Waals surface area contributed by atoms with Gasteiger partial charge in [0.1, 0.15) is 6.61 Å². The molecule has 2 N–H and O–H groups in total. The first-order valence-corrected chi connectivity index (χ1v) is 7.34. The van der Waals surface area contributed by atoms with Gasteiger partial charge in [-0.05, 0) is 36.8 Å². The van der Waals surface area contributed by atoms with E-state index in [1.807, 2.05) is 36.4 Å². The molecule has 0 aliphatic carbocycles. The maximum absolute atomic E-state index is 5.99. The van der Waals surface area contributed by atoms with Crippen molar-refractivity contribution in [1.29, 1.82) is 0 Å². The summed E-state index contributed by atoms with van der Waals surface area (Å²) in [6, 6.07) is 11.9. The van der Waals surface area contributed by atoms with E-state index in [1.54, 1.807) is 0 Å². The number of fused-ring (bicyclic) bond motifs is 1. The van der Waals surface area contributed by atoms with Gasteiger partial charge in [-0.1, -0.05) is 36.1 Å². The Balaban J connectivity index is 1.71. The number of benzene rings is 2. The molecule has 1 aliphatic heterocycles.